The van der Waals surface area contributed by atoms with Crippen LogP contribution in [0.3, 0.4) is 0 Å². The Balaban J connectivity index is 0.00000323. The Labute approximate surface area is 246 Å². The highest BCUT2D eigenvalue weighted by atomic mass is 16.2. The van der Waals surface area contributed by atoms with Crippen molar-refractivity contribution in [3.05, 3.63) is 95.6 Å². The van der Waals surface area contributed by atoms with Gasteiger partial charge in [-0.2, -0.15) is 5.26 Å². The van der Waals surface area contributed by atoms with E-state index >= 15 is 0 Å². The van der Waals surface area contributed by atoms with Gasteiger partial charge in [-0.3, -0.25) is 14.5 Å². The molecular weight excluding hydrogens is 510 g/mol. The quantitative estimate of drug-likeness (QED) is 0.219. The van der Waals surface area contributed by atoms with E-state index in [9.17, 15) is 9.59 Å². The van der Waals surface area contributed by atoms with E-state index in [1.54, 1.807) is 30.3 Å². The van der Waals surface area contributed by atoms with Crippen LogP contribution in [0.25, 0.3) is 6.08 Å². The normalized spacial score (nSPS) is 15.9. The van der Waals surface area contributed by atoms with Gasteiger partial charge in [-0.1, -0.05) is 63.1 Å². The van der Waals surface area contributed by atoms with Crippen molar-refractivity contribution in [1.82, 2.24) is 4.90 Å². The number of likely N-dealkylation sites (tertiary alicyclic amines) is 1. The fourth-order valence-corrected chi connectivity index (χ4v) is 5.70. The lowest BCUT2D eigenvalue weighted by Crippen LogP contribution is -2.36. The number of hydrogen-bond donors (Lipinski definition) is 3. The third kappa shape index (κ3) is 7.62. The van der Waals surface area contributed by atoms with Crippen molar-refractivity contribution in [1.29, 1.82) is 5.26 Å². The molecule has 1 saturated heterocycles. The van der Waals surface area contributed by atoms with Crippen LogP contribution in [-0.4, -0.2) is 36.9 Å². The second-order valence-corrected chi connectivity index (χ2v) is 10.5. The van der Waals surface area contributed by atoms with Gasteiger partial charge in [0.05, 0.1) is 23.0 Å². The molecule has 7 nitrogen and oxygen atoms in total. The van der Waals surface area contributed by atoms with E-state index < -0.39 is 6.04 Å². The van der Waals surface area contributed by atoms with Crippen LogP contribution >= 0.6 is 0 Å². The van der Waals surface area contributed by atoms with Gasteiger partial charge in [0.2, 0.25) is 11.8 Å². The number of anilines is 3. The van der Waals surface area contributed by atoms with Gasteiger partial charge in [0.15, 0.2) is 0 Å². The minimum Gasteiger partial charge on any atom is -0.386 e. The van der Waals surface area contributed by atoms with E-state index in [2.05, 4.69) is 40.8 Å². The molecule has 3 aromatic rings. The lowest BCUT2D eigenvalue weighted by atomic mass is 9.87. The van der Waals surface area contributed by atoms with Crippen LogP contribution in [-0.2, 0) is 9.59 Å². The van der Waals surface area contributed by atoms with Crippen molar-refractivity contribution >= 4 is 35.0 Å². The monoisotopic (exact) mass is 553 g/mol. The Hall–Kier alpha value is -4.41. The molecule has 4 rings (SSSR count). The fraction of sp³-hybridized carbons (Fsp3) is 0.324. The number of carbonyl (C=O) groups is 2. The van der Waals surface area contributed by atoms with E-state index in [4.69, 9.17) is 5.26 Å². The average Bonchev–Trinajstić information content (AvgIpc) is 3.47. The molecule has 0 aliphatic carbocycles. The Kier molecular flexibility index (Phi) is 10.3. The summed E-state index contributed by atoms with van der Waals surface area (Å²) in [7, 11) is 1.81. The molecular formula is C34H43N5O2. The van der Waals surface area contributed by atoms with Crippen LogP contribution in [0.15, 0.2) is 78.9 Å². The molecule has 2 unspecified atom stereocenters. The van der Waals surface area contributed by atoms with Crippen molar-refractivity contribution in [2.45, 2.75) is 39.2 Å². The van der Waals surface area contributed by atoms with E-state index in [-0.39, 0.29) is 14.7 Å². The fourth-order valence-electron chi connectivity index (χ4n) is 5.70. The van der Waals surface area contributed by atoms with Crippen molar-refractivity contribution in [2.75, 3.05) is 36.1 Å². The number of nitriles is 1. The number of benzene rings is 3. The van der Waals surface area contributed by atoms with Crippen molar-refractivity contribution in [3.8, 4) is 6.07 Å². The molecule has 216 valence electrons. The number of amides is 2. The molecule has 1 aliphatic heterocycles. The molecule has 2 atom stereocenters. The molecule has 0 bridgehead atoms. The zero-order valence-corrected chi connectivity index (χ0v) is 24.1. The summed E-state index contributed by atoms with van der Waals surface area (Å²) in [6.07, 6.45) is 6.65. The second kappa shape index (κ2) is 14.3. The van der Waals surface area contributed by atoms with Gasteiger partial charge >= 0.3 is 0 Å². The maximum atomic E-state index is 13.7. The predicted octanol–water partition coefficient (Wildman–Crippen LogP) is 7.18. The van der Waals surface area contributed by atoms with Crippen molar-refractivity contribution < 1.29 is 12.4 Å². The van der Waals surface area contributed by atoms with E-state index in [1.807, 2.05) is 55.6 Å². The molecule has 1 fully saturated rings. The zero-order chi connectivity index (χ0) is 29.2. The first-order valence-electron chi connectivity index (χ1n) is 14.4. The van der Waals surface area contributed by atoms with Crippen LogP contribution in [0.1, 0.15) is 58.7 Å². The standard InChI is InChI=1S/C34H39N5O2.2H2/c1-4-26(5-2)28-20-21-39(23-28)33(34(41)37-29-17-12-25(22-35)13-18-29)27-15-10-24(11-16-27)14-19-32(40)38-31-9-7-6-8-30(31)36-3;;/h6-19,26,28,33,36H,4-5,20-21,23H2,1-3H3,(H,37,41)(H,38,40);2*1H/b19-14+;;. The topological polar surface area (TPSA) is 97.3 Å². The SMILES string of the molecule is CCC(CC)C1CCN(C(C(=O)Nc2ccc(C#N)cc2)c2ccc(/C=C/C(=O)Nc3ccccc3NC)cc2)C1.[HH].[HH]. The molecule has 7 heteroatoms. The summed E-state index contributed by atoms with van der Waals surface area (Å²) < 4.78 is 0. The minimum absolute atomic E-state index is 0. The molecule has 0 aromatic heterocycles. The summed E-state index contributed by atoms with van der Waals surface area (Å²) in [5, 5.41) is 18.1. The first kappa shape index (κ1) is 29.6. The third-order valence-electron chi connectivity index (χ3n) is 8.00. The van der Waals surface area contributed by atoms with E-state index in [0.29, 0.717) is 28.8 Å². The van der Waals surface area contributed by atoms with Gasteiger partial charge < -0.3 is 16.0 Å². The van der Waals surface area contributed by atoms with Gasteiger partial charge in [-0.15, -0.1) is 0 Å². The number of nitrogens with one attached hydrogen (secondary N) is 3. The first-order valence-corrected chi connectivity index (χ1v) is 14.4. The molecule has 3 N–H and O–H groups in total. The largest absolute Gasteiger partial charge is 0.386 e. The molecule has 0 radical (unpaired) electrons. The molecule has 1 aliphatic rings. The number of para-hydroxylation sites is 2. The zero-order valence-electron chi connectivity index (χ0n) is 24.1. The molecule has 1 heterocycles. The maximum absolute atomic E-state index is 13.7. The predicted molar refractivity (Wildman–Crippen MR) is 171 cm³/mol. The van der Waals surface area contributed by atoms with Gasteiger partial charge in [-0.05, 0) is 78.4 Å². The highest BCUT2D eigenvalue weighted by Gasteiger charge is 2.35. The van der Waals surface area contributed by atoms with E-state index in [0.717, 1.165) is 49.2 Å². The Morgan fingerprint density at radius 3 is 2.32 bits per heavy atom. The second-order valence-electron chi connectivity index (χ2n) is 10.5. The first-order chi connectivity index (χ1) is 19.9. The van der Waals surface area contributed by atoms with Crippen LogP contribution in [0.2, 0.25) is 0 Å². The highest BCUT2D eigenvalue weighted by molar-refractivity contribution is 6.03. The van der Waals surface area contributed by atoms with Crippen molar-refractivity contribution in [3.63, 3.8) is 0 Å². The van der Waals surface area contributed by atoms with Gasteiger partial charge in [-0.25, -0.2) is 0 Å². The summed E-state index contributed by atoms with van der Waals surface area (Å²) >= 11 is 0. The molecule has 3 aromatic carbocycles. The Bertz CT molecular complexity index is 1400. The summed E-state index contributed by atoms with van der Waals surface area (Å²) in [5.74, 6) is 0.914. The lowest BCUT2D eigenvalue weighted by molar-refractivity contribution is -0.121. The smallest absolute Gasteiger partial charge is 0.248 e. The molecule has 0 saturated carbocycles. The summed E-state index contributed by atoms with van der Waals surface area (Å²) in [6, 6.07) is 24.0. The van der Waals surface area contributed by atoms with Crippen LogP contribution in [0, 0.1) is 23.2 Å². The number of rotatable bonds is 11. The molecule has 0 spiro atoms. The Morgan fingerprint density at radius 2 is 1.68 bits per heavy atom. The minimum atomic E-state index is -0.440. The average molecular weight is 554 g/mol. The van der Waals surface area contributed by atoms with E-state index in [1.165, 1.54) is 6.08 Å². The lowest BCUT2D eigenvalue weighted by Gasteiger charge is -2.28. The van der Waals surface area contributed by atoms with Crippen LogP contribution in [0.4, 0.5) is 17.1 Å². The highest BCUT2D eigenvalue weighted by Crippen LogP contribution is 2.34. The third-order valence-corrected chi connectivity index (χ3v) is 8.00. The summed E-state index contributed by atoms with van der Waals surface area (Å²) in [4.78, 5) is 28.5. The number of hydrogen-bond acceptors (Lipinski definition) is 5. The van der Waals surface area contributed by atoms with Gasteiger partial charge in [0.1, 0.15) is 6.04 Å². The van der Waals surface area contributed by atoms with Crippen LogP contribution < -0.4 is 16.0 Å². The summed E-state index contributed by atoms with van der Waals surface area (Å²) in [5.41, 5.74) is 4.56. The maximum Gasteiger partial charge on any atom is 0.248 e. The van der Waals surface area contributed by atoms with Crippen LogP contribution in [0.5, 0.6) is 0 Å². The molecule has 2 amide bonds. The summed E-state index contributed by atoms with van der Waals surface area (Å²) in [6.45, 7) is 6.24. The Morgan fingerprint density at radius 1 is 1.00 bits per heavy atom. The number of carbonyl (C=O) groups excluding carboxylic acids is 2. The van der Waals surface area contributed by atoms with Gasteiger partial charge in [0.25, 0.3) is 0 Å². The number of nitrogens with zero attached hydrogens (tertiary/aromatic N) is 2. The molecule has 41 heavy (non-hydrogen) atoms. The van der Waals surface area contributed by atoms with Gasteiger partial charge in [0, 0.05) is 28.2 Å². The van der Waals surface area contributed by atoms with Crippen molar-refractivity contribution in [2.24, 2.45) is 11.8 Å².